The molecule has 1 rings (SSSR count). The lowest BCUT2D eigenvalue weighted by Crippen LogP contribution is -2.56. The summed E-state index contributed by atoms with van der Waals surface area (Å²) in [5.41, 5.74) is 5.19. The first kappa shape index (κ1) is 15.9. The highest BCUT2D eigenvalue weighted by molar-refractivity contribution is 7.86. The molecule has 0 saturated carbocycles. The first-order valence-corrected chi connectivity index (χ1v) is 8.24. The Morgan fingerprint density at radius 3 is 2.06 bits per heavy atom. The Bertz CT molecular complexity index is 346. The Hall–Kier alpha value is -0.170. The minimum Gasteiger partial charge on any atom is -0.329 e. The number of nitrogens with two attached hydrogens (primary N) is 1. The third kappa shape index (κ3) is 3.44. The van der Waals surface area contributed by atoms with Gasteiger partial charge in [0.1, 0.15) is 0 Å². The summed E-state index contributed by atoms with van der Waals surface area (Å²) in [5, 5.41) is 0. The van der Waals surface area contributed by atoms with Crippen LogP contribution >= 0.6 is 0 Å². The lowest BCUT2D eigenvalue weighted by atomic mass is 10.1. The van der Waals surface area contributed by atoms with Crippen molar-refractivity contribution in [1.29, 1.82) is 0 Å². The zero-order valence-electron chi connectivity index (χ0n) is 11.9. The van der Waals surface area contributed by atoms with Gasteiger partial charge in [0.15, 0.2) is 0 Å². The molecule has 0 atom stereocenters. The summed E-state index contributed by atoms with van der Waals surface area (Å²) in [6, 6.07) is 0. The minimum absolute atomic E-state index is 0.327. The van der Waals surface area contributed by atoms with Crippen molar-refractivity contribution in [3.8, 4) is 0 Å². The predicted octanol–water partition coefficient (Wildman–Crippen LogP) is 1.17. The van der Waals surface area contributed by atoms with E-state index in [-0.39, 0.29) is 0 Å². The first-order valence-electron chi connectivity index (χ1n) is 6.84. The van der Waals surface area contributed by atoms with Gasteiger partial charge in [-0.2, -0.15) is 17.0 Å². The second-order valence-electron chi connectivity index (χ2n) is 5.50. The van der Waals surface area contributed by atoms with Crippen molar-refractivity contribution in [2.45, 2.75) is 52.0 Å². The third-order valence-corrected chi connectivity index (χ3v) is 5.96. The normalized spacial score (nSPS) is 20.1. The van der Waals surface area contributed by atoms with E-state index in [1.807, 2.05) is 20.8 Å². The van der Waals surface area contributed by atoms with Gasteiger partial charge in [-0.3, -0.25) is 0 Å². The van der Waals surface area contributed by atoms with Crippen LogP contribution in [0.25, 0.3) is 0 Å². The smallest absolute Gasteiger partial charge is 0.282 e. The fourth-order valence-corrected chi connectivity index (χ4v) is 4.44. The van der Waals surface area contributed by atoms with Gasteiger partial charge in [0, 0.05) is 31.7 Å². The molecule has 0 aromatic carbocycles. The second kappa shape index (κ2) is 6.32. The highest BCUT2D eigenvalue weighted by Crippen LogP contribution is 2.22. The van der Waals surface area contributed by atoms with Gasteiger partial charge >= 0.3 is 0 Å². The van der Waals surface area contributed by atoms with E-state index in [9.17, 15) is 8.42 Å². The van der Waals surface area contributed by atoms with Crippen molar-refractivity contribution in [2.75, 3.05) is 26.2 Å². The van der Waals surface area contributed by atoms with E-state index in [0.717, 1.165) is 25.7 Å². The molecule has 108 valence electrons. The van der Waals surface area contributed by atoms with Gasteiger partial charge in [0.05, 0.1) is 0 Å². The van der Waals surface area contributed by atoms with Gasteiger partial charge < -0.3 is 5.73 Å². The lowest BCUT2D eigenvalue weighted by molar-refractivity contribution is 0.223. The molecule has 6 heteroatoms. The quantitative estimate of drug-likeness (QED) is 0.820. The SMILES string of the molecule is CCN(C(C)(C)CN)S(=O)(=O)N1CCCCCC1. The number of hydrogen-bond acceptors (Lipinski definition) is 3. The molecule has 0 unspecified atom stereocenters. The molecule has 0 aliphatic carbocycles. The van der Waals surface area contributed by atoms with Crippen LogP contribution in [0.2, 0.25) is 0 Å². The molecule has 1 fully saturated rings. The van der Waals surface area contributed by atoms with Crippen LogP contribution in [0.1, 0.15) is 46.5 Å². The van der Waals surface area contributed by atoms with Gasteiger partial charge in [-0.1, -0.05) is 19.8 Å². The monoisotopic (exact) mass is 277 g/mol. The topological polar surface area (TPSA) is 66.6 Å². The van der Waals surface area contributed by atoms with Crippen LogP contribution in [0.5, 0.6) is 0 Å². The molecule has 5 nitrogen and oxygen atoms in total. The molecule has 1 heterocycles. The molecule has 0 aromatic heterocycles. The van der Waals surface area contributed by atoms with Crippen molar-refractivity contribution in [2.24, 2.45) is 5.73 Å². The zero-order valence-corrected chi connectivity index (χ0v) is 12.7. The Morgan fingerprint density at radius 1 is 1.17 bits per heavy atom. The minimum atomic E-state index is -3.38. The maximum atomic E-state index is 12.7. The molecule has 1 aliphatic rings. The average Bonchev–Trinajstić information content (AvgIpc) is 2.58. The van der Waals surface area contributed by atoms with Crippen molar-refractivity contribution in [3.05, 3.63) is 0 Å². The van der Waals surface area contributed by atoms with Crippen molar-refractivity contribution < 1.29 is 8.42 Å². The van der Waals surface area contributed by atoms with Crippen LogP contribution in [0.4, 0.5) is 0 Å². The first-order chi connectivity index (χ1) is 8.36. The summed E-state index contributed by atoms with van der Waals surface area (Å²) in [7, 11) is -3.38. The van der Waals surface area contributed by atoms with E-state index in [1.54, 1.807) is 4.31 Å². The Labute approximate surface area is 112 Å². The molecule has 0 bridgehead atoms. The van der Waals surface area contributed by atoms with Crippen LogP contribution in [-0.2, 0) is 10.2 Å². The van der Waals surface area contributed by atoms with Crippen LogP contribution in [0.3, 0.4) is 0 Å². The molecule has 0 aromatic rings. The van der Waals surface area contributed by atoms with Crippen LogP contribution < -0.4 is 5.73 Å². The average molecular weight is 277 g/mol. The van der Waals surface area contributed by atoms with Gasteiger partial charge in [0.2, 0.25) is 0 Å². The Balaban J connectivity index is 2.94. The Kier molecular flexibility index (Phi) is 5.58. The van der Waals surface area contributed by atoms with Crippen LogP contribution in [0, 0.1) is 0 Å². The summed E-state index contributed by atoms with van der Waals surface area (Å²) in [4.78, 5) is 0. The Morgan fingerprint density at radius 2 is 1.67 bits per heavy atom. The number of hydrogen-bond donors (Lipinski definition) is 1. The van der Waals surface area contributed by atoms with E-state index in [4.69, 9.17) is 5.73 Å². The number of rotatable bonds is 5. The largest absolute Gasteiger partial charge is 0.329 e. The van der Waals surface area contributed by atoms with Gasteiger partial charge in [-0.05, 0) is 26.7 Å². The fraction of sp³-hybridized carbons (Fsp3) is 1.00. The van der Waals surface area contributed by atoms with Crippen LogP contribution in [0.15, 0.2) is 0 Å². The van der Waals surface area contributed by atoms with E-state index in [0.29, 0.717) is 26.2 Å². The molecule has 18 heavy (non-hydrogen) atoms. The lowest BCUT2D eigenvalue weighted by Gasteiger charge is -2.38. The molecule has 2 N–H and O–H groups in total. The summed E-state index contributed by atoms with van der Waals surface area (Å²) < 4.78 is 28.5. The maximum absolute atomic E-state index is 12.7. The molecule has 0 amide bonds. The standard InChI is InChI=1S/C12H27N3O2S/c1-4-15(12(2,3)11-13)18(16,17)14-9-7-5-6-8-10-14/h4-11,13H2,1-3H3. The molecule has 1 saturated heterocycles. The molecule has 1 aliphatic heterocycles. The highest BCUT2D eigenvalue weighted by Gasteiger charge is 2.37. The summed E-state index contributed by atoms with van der Waals surface area (Å²) in [5.74, 6) is 0. The summed E-state index contributed by atoms with van der Waals surface area (Å²) >= 11 is 0. The van der Waals surface area contributed by atoms with Crippen LogP contribution in [-0.4, -0.2) is 48.7 Å². The number of likely N-dealkylation sites (N-methyl/N-ethyl adjacent to an activating group) is 1. The molecular weight excluding hydrogens is 250 g/mol. The zero-order chi connectivity index (χ0) is 13.8. The summed E-state index contributed by atoms with van der Waals surface area (Å²) in [6.07, 6.45) is 4.16. The van der Waals surface area contributed by atoms with Crippen molar-refractivity contribution in [1.82, 2.24) is 8.61 Å². The van der Waals surface area contributed by atoms with E-state index < -0.39 is 15.7 Å². The number of nitrogens with zero attached hydrogens (tertiary/aromatic N) is 2. The maximum Gasteiger partial charge on any atom is 0.282 e. The van der Waals surface area contributed by atoms with Crippen molar-refractivity contribution in [3.63, 3.8) is 0 Å². The van der Waals surface area contributed by atoms with E-state index in [2.05, 4.69) is 0 Å². The van der Waals surface area contributed by atoms with Crippen molar-refractivity contribution >= 4 is 10.2 Å². The van der Waals surface area contributed by atoms with E-state index >= 15 is 0 Å². The summed E-state index contributed by atoms with van der Waals surface area (Å²) in [6.45, 7) is 7.69. The second-order valence-corrected chi connectivity index (χ2v) is 7.36. The molecule has 0 radical (unpaired) electrons. The third-order valence-electron chi connectivity index (χ3n) is 3.63. The highest BCUT2D eigenvalue weighted by atomic mass is 32.2. The fourth-order valence-electron chi connectivity index (χ4n) is 2.42. The van der Waals surface area contributed by atoms with Gasteiger partial charge in [0.25, 0.3) is 10.2 Å². The van der Waals surface area contributed by atoms with Gasteiger partial charge in [-0.15, -0.1) is 0 Å². The molecule has 0 spiro atoms. The van der Waals surface area contributed by atoms with E-state index in [1.165, 1.54) is 4.31 Å². The predicted molar refractivity (Wildman–Crippen MR) is 74.5 cm³/mol. The van der Waals surface area contributed by atoms with Gasteiger partial charge in [-0.25, -0.2) is 0 Å². The molecular formula is C12H27N3O2S.